The van der Waals surface area contributed by atoms with Crippen LogP contribution in [0.4, 0.5) is 0 Å². The standard InChI is InChI=1S/C8H11N3O3S/c9-7(12)2-1-6-3-4-11-8(5-6)15(10,13)14/h3-5H,1-2H2,(H2,9,12)(H2,10,13,14). The zero-order chi connectivity index (χ0) is 11.5. The van der Waals surface area contributed by atoms with Gasteiger partial charge in [-0.05, 0) is 24.1 Å². The summed E-state index contributed by atoms with van der Waals surface area (Å²) >= 11 is 0. The Morgan fingerprint density at radius 3 is 2.67 bits per heavy atom. The molecule has 0 saturated heterocycles. The number of carbonyl (C=O) groups is 1. The highest BCUT2D eigenvalue weighted by molar-refractivity contribution is 7.89. The monoisotopic (exact) mass is 229 g/mol. The van der Waals surface area contributed by atoms with Crippen LogP contribution < -0.4 is 10.9 Å². The van der Waals surface area contributed by atoms with Crippen molar-refractivity contribution >= 4 is 15.9 Å². The Labute approximate surface area is 87.3 Å². The first-order valence-corrected chi connectivity index (χ1v) is 5.70. The van der Waals surface area contributed by atoms with Gasteiger partial charge in [-0.3, -0.25) is 4.79 Å². The van der Waals surface area contributed by atoms with Gasteiger partial charge in [-0.2, -0.15) is 0 Å². The van der Waals surface area contributed by atoms with Crippen LogP contribution in [0.3, 0.4) is 0 Å². The van der Waals surface area contributed by atoms with E-state index < -0.39 is 15.9 Å². The molecule has 0 radical (unpaired) electrons. The van der Waals surface area contributed by atoms with E-state index in [2.05, 4.69) is 4.98 Å². The van der Waals surface area contributed by atoms with Crippen molar-refractivity contribution in [3.63, 3.8) is 0 Å². The molecule has 82 valence electrons. The smallest absolute Gasteiger partial charge is 0.255 e. The largest absolute Gasteiger partial charge is 0.370 e. The molecular weight excluding hydrogens is 218 g/mol. The van der Waals surface area contributed by atoms with Gasteiger partial charge in [0.25, 0.3) is 10.0 Å². The van der Waals surface area contributed by atoms with E-state index in [9.17, 15) is 13.2 Å². The number of aryl methyl sites for hydroxylation is 1. The third-order valence-electron chi connectivity index (χ3n) is 1.75. The average Bonchev–Trinajstić information content (AvgIpc) is 2.14. The lowest BCUT2D eigenvalue weighted by Gasteiger charge is -2.01. The Hall–Kier alpha value is -1.47. The molecule has 0 aliphatic carbocycles. The maximum Gasteiger partial charge on any atom is 0.255 e. The number of sulfonamides is 1. The summed E-state index contributed by atoms with van der Waals surface area (Å²) in [5.41, 5.74) is 5.63. The highest BCUT2D eigenvalue weighted by Gasteiger charge is 2.09. The van der Waals surface area contributed by atoms with Crippen LogP contribution in [0.5, 0.6) is 0 Å². The summed E-state index contributed by atoms with van der Waals surface area (Å²) in [6.45, 7) is 0. The molecule has 6 nitrogen and oxygen atoms in total. The predicted molar refractivity (Wildman–Crippen MR) is 53.1 cm³/mol. The fourth-order valence-corrected chi connectivity index (χ4v) is 1.55. The number of amides is 1. The van der Waals surface area contributed by atoms with E-state index in [1.54, 1.807) is 6.07 Å². The van der Waals surface area contributed by atoms with Crippen molar-refractivity contribution in [2.45, 2.75) is 17.9 Å². The maximum absolute atomic E-state index is 10.9. The summed E-state index contributed by atoms with van der Waals surface area (Å²) in [4.78, 5) is 14.1. The van der Waals surface area contributed by atoms with Crippen LogP contribution in [-0.4, -0.2) is 19.3 Å². The average molecular weight is 229 g/mol. The molecule has 1 heterocycles. The van der Waals surface area contributed by atoms with E-state index in [0.29, 0.717) is 12.0 Å². The van der Waals surface area contributed by atoms with Gasteiger partial charge in [0.15, 0.2) is 5.03 Å². The molecule has 0 atom stereocenters. The van der Waals surface area contributed by atoms with Gasteiger partial charge in [0.05, 0.1) is 0 Å². The predicted octanol–water partition coefficient (Wildman–Crippen LogP) is -0.853. The minimum Gasteiger partial charge on any atom is -0.370 e. The lowest BCUT2D eigenvalue weighted by atomic mass is 10.1. The molecule has 1 aromatic rings. The minimum absolute atomic E-state index is 0.161. The van der Waals surface area contributed by atoms with Crippen LogP contribution in [0.1, 0.15) is 12.0 Å². The first-order valence-electron chi connectivity index (χ1n) is 4.15. The number of primary amides is 1. The van der Waals surface area contributed by atoms with E-state index >= 15 is 0 Å². The van der Waals surface area contributed by atoms with Crippen LogP contribution in [0.25, 0.3) is 0 Å². The highest BCUT2D eigenvalue weighted by Crippen LogP contribution is 2.07. The number of rotatable bonds is 4. The zero-order valence-corrected chi connectivity index (χ0v) is 8.70. The van der Waals surface area contributed by atoms with Crippen molar-refractivity contribution in [1.29, 1.82) is 0 Å². The van der Waals surface area contributed by atoms with Gasteiger partial charge in [-0.1, -0.05) is 0 Å². The van der Waals surface area contributed by atoms with Crippen LogP contribution in [0, 0.1) is 0 Å². The van der Waals surface area contributed by atoms with Crippen LogP contribution in [-0.2, 0) is 21.2 Å². The molecule has 4 N–H and O–H groups in total. The molecule has 7 heteroatoms. The van der Waals surface area contributed by atoms with Crippen LogP contribution in [0.15, 0.2) is 23.4 Å². The summed E-state index contributed by atoms with van der Waals surface area (Å²) in [6.07, 6.45) is 1.87. The van der Waals surface area contributed by atoms with Crippen molar-refractivity contribution in [1.82, 2.24) is 4.98 Å². The molecule has 15 heavy (non-hydrogen) atoms. The zero-order valence-electron chi connectivity index (χ0n) is 7.88. The summed E-state index contributed by atoms with van der Waals surface area (Å²) in [5.74, 6) is -0.441. The van der Waals surface area contributed by atoms with Gasteiger partial charge in [-0.15, -0.1) is 0 Å². The number of pyridine rings is 1. The molecule has 1 aromatic heterocycles. The number of hydrogen-bond acceptors (Lipinski definition) is 4. The van der Waals surface area contributed by atoms with Gasteiger partial charge in [0.2, 0.25) is 5.91 Å². The fraction of sp³-hybridized carbons (Fsp3) is 0.250. The number of nitrogens with two attached hydrogens (primary N) is 2. The molecule has 0 bridgehead atoms. The summed E-state index contributed by atoms with van der Waals surface area (Å²) < 4.78 is 21.9. The van der Waals surface area contributed by atoms with Crippen molar-refractivity contribution in [3.8, 4) is 0 Å². The number of carbonyl (C=O) groups excluding carboxylic acids is 1. The summed E-state index contributed by atoms with van der Waals surface area (Å²) in [6, 6.07) is 2.94. The van der Waals surface area contributed by atoms with Gasteiger partial charge >= 0.3 is 0 Å². The Bertz CT molecular complexity index is 470. The second kappa shape index (κ2) is 4.37. The lowest BCUT2D eigenvalue weighted by Crippen LogP contribution is -2.15. The maximum atomic E-state index is 10.9. The quantitative estimate of drug-likeness (QED) is 0.699. The van der Waals surface area contributed by atoms with Gasteiger partial charge in [0.1, 0.15) is 0 Å². The molecule has 1 amide bonds. The molecule has 0 unspecified atom stereocenters. The third kappa shape index (κ3) is 3.64. The van der Waals surface area contributed by atoms with Gasteiger partial charge in [-0.25, -0.2) is 18.5 Å². The van der Waals surface area contributed by atoms with E-state index in [1.807, 2.05) is 0 Å². The number of primary sulfonamides is 1. The molecule has 0 aliphatic heterocycles. The van der Waals surface area contributed by atoms with Crippen LogP contribution >= 0.6 is 0 Å². The topological polar surface area (TPSA) is 116 Å². The Morgan fingerprint density at radius 2 is 2.13 bits per heavy atom. The molecule has 0 saturated carbocycles. The molecule has 0 aromatic carbocycles. The normalized spacial score (nSPS) is 11.3. The van der Waals surface area contributed by atoms with Crippen LogP contribution in [0.2, 0.25) is 0 Å². The van der Waals surface area contributed by atoms with E-state index in [-0.39, 0.29) is 11.4 Å². The SMILES string of the molecule is NC(=O)CCc1ccnc(S(N)(=O)=O)c1. The molecular formula is C8H11N3O3S. The van der Waals surface area contributed by atoms with E-state index in [1.165, 1.54) is 12.3 Å². The third-order valence-corrected chi connectivity index (χ3v) is 2.56. The summed E-state index contributed by atoms with van der Waals surface area (Å²) in [5, 5.41) is 4.70. The highest BCUT2D eigenvalue weighted by atomic mass is 32.2. The number of hydrogen-bond donors (Lipinski definition) is 2. The second-order valence-corrected chi connectivity index (χ2v) is 4.52. The van der Waals surface area contributed by atoms with E-state index in [0.717, 1.165) is 0 Å². The van der Waals surface area contributed by atoms with E-state index in [4.69, 9.17) is 10.9 Å². The summed E-state index contributed by atoms with van der Waals surface area (Å²) in [7, 11) is -3.79. The molecule has 0 spiro atoms. The van der Waals surface area contributed by atoms with Gasteiger partial charge in [0, 0.05) is 12.6 Å². The second-order valence-electron chi connectivity index (χ2n) is 3.01. The first kappa shape index (κ1) is 11.6. The number of aromatic nitrogens is 1. The van der Waals surface area contributed by atoms with Crippen molar-refractivity contribution < 1.29 is 13.2 Å². The molecule has 0 fully saturated rings. The fourth-order valence-electron chi connectivity index (χ4n) is 1.03. The Morgan fingerprint density at radius 1 is 1.47 bits per heavy atom. The first-order chi connectivity index (χ1) is 6.89. The van der Waals surface area contributed by atoms with Crippen molar-refractivity contribution in [2.24, 2.45) is 10.9 Å². The van der Waals surface area contributed by atoms with Crippen molar-refractivity contribution in [3.05, 3.63) is 23.9 Å². The number of nitrogens with zero attached hydrogens (tertiary/aromatic N) is 1. The molecule has 0 aliphatic rings. The van der Waals surface area contributed by atoms with Gasteiger partial charge < -0.3 is 5.73 Å². The minimum atomic E-state index is -3.79. The molecule has 1 rings (SSSR count). The lowest BCUT2D eigenvalue weighted by molar-refractivity contribution is -0.117. The van der Waals surface area contributed by atoms with Crippen molar-refractivity contribution in [2.75, 3.05) is 0 Å². The Kier molecular flexibility index (Phi) is 3.38. The Balaban J connectivity index is 2.89.